The highest BCUT2D eigenvalue weighted by molar-refractivity contribution is 7.10. The number of aromatic hydroxyl groups is 1. The minimum absolute atomic E-state index is 0.0165. The van der Waals surface area contributed by atoms with Gasteiger partial charge in [0.05, 0.1) is 19.3 Å². The molecule has 7 nitrogen and oxygen atoms in total. The number of esters is 1. The maximum absolute atomic E-state index is 13.5. The van der Waals surface area contributed by atoms with Crippen LogP contribution in [0.5, 0.6) is 11.5 Å². The molecule has 2 aromatic rings. The quantitative estimate of drug-likeness (QED) is 0.467. The van der Waals surface area contributed by atoms with E-state index in [1.54, 1.807) is 29.5 Å². The summed E-state index contributed by atoms with van der Waals surface area (Å²) in [5.74, 6) is -0.824. The van der Waals surface area contributed by atoms with E-state index in [-0.39, 0.29) is 30.7 Å². The van der Waals surface area contributed by atoms with Gasteiger partial charge in [-0.05, 0) is 42.5 Å². The molecule has 8 heteroatoms. The molecule has 0 radical (unpaired) electrons. The Morgan fingerprint density at radius 3 is 2.70 bits per heavy atom. The molecule has 2 atom stereocenters. The summed E-state index contributed by atoms with van der Waals surface area (Å²) in [6, 6.07) is 9.00. The molecule has 33 heavy (non-hydrogen) atoms. The van der Waals surface area contributed by atoms with Gasteiger partial charge in [0.2, 0.25) is 0 Å². The summed E-state index contributed by atoms with van der Waals surface area (Å²) in [5, 5.41) is 15.8. The summed E-state index contributed by atoms with van der Waals surface area (Å²) in [5.41, 5.74) is 2.99. The zero-order chi connectivity index (χ0) is 23.5. The summed E-state index contributed by atoms with van der Waals surface area (Å²) in [6.07, 6.45) is 1.04. The smallest absolute Gasteiger partial charge is 0.336 e. The van der Waals surface area contributed by atoms with E-state index >= 15 is 0 Å². The second-order valence-electron chi connectivity index (χ2n) is 8.09. The number of dihydropyridines is 1. The minimum atomic E-state index is -0.648. The third-order valence-corrected chi connectivity index (χ3v) is 7.08. The lowest BCUT2D eigenvalue weighted by Crippen LogP contribution is -2.36. The molecule has 2 aliphatic rings. The summed E-state index contributed by atoms with van der Waals surface area (Å²) < 4.78 is 15.6. The molecule has 1 aromatic carbocycles. The number of methoxy groups -OCH3 is 2. The van der Waals surface area contributed by atoms with E-state index in [0.29, 0.717) is 41.0 Å². The highest BCUT2D eigenvalue weighted by Crippen LogP contribution is 2.47. The number of thiophene rings is 1. The van der Waals surface area contributed by atoms with Crippen molar-refractivity contribution in [1.29, 1.82) is 0 Å². The van der Waals surface area contributed by atoms with E-state index in [2.05, 4.69) is 11.4 Å². The second-order valence-corrected chi connectivity index (χ2v) is 9.07. The van der Waals surface area contributed by atoms with Crippen molar-refractivity contribution >= 4 is 23.1 Å². The van der Waals surface area contributed by atoms with Crippen molar-refractivity contribution < 1.29 is 28.9 Å². The van der Waals surface area contributed by atoms with Crippen molar-refractivity contribution in [3.8, 4) is 11.5 Å². The molecule has 1 aliphatic heterocycles. The van der Waals surface area contributed by atoms with Crippen LogP contribution in [0.25, 0.3) is 0 Å². The molecule has 174 valence electrons. The molecule has 0 spiro atoms. The Hall–Kier alpha value is -3.10. The van der Waals surface area contributed by atoms with Gasteiger partial charge in [-0.25, -0.2) is 4.79 Å². The van der Waals surface area contributed by atoms with Gasteiger partial charge in [-0.3, -0.25) is 4.79 Å². The van der Waals surface area contributed by atoms with Gasteiger partial charge < -0.3 is 24.6 Å². The number of phenolic OH excluding ortho intramolecular Hbond substituents is 1. The second kappa shape index (κ2) is 9.80. The molecule has 1 aliphatic carbocycles. The molecule has 0 bridgehead atoms. The van der Waals surface area contributed by atoms with E-state index in [1.807, 2.05) is 18.4 Å². The lowest BCUT2D eigenvalue weighted by atomic mass is 9.72. The van der Waals surface area contributed by atoms with Crippen molar-refractivity contribution in [2.45, 2.75) is 31.6 Å². The standard InChI is InChI=1S/C25H27NO6S/c1-14-22(25(29)32-9-8-30-2)23(15-6-7-20(31-3)18(27)12-15)24-17(26-14)11-16(13-19(24)28)21-5-4-10-33-21/h4-7,10,12,16,23,26-27H,8-9,11,13H2,1-3H3/t16-,23-/m1/s1. The average molecular weight is 470 g/mol. The number of carbonyl (C=O) groups excluding carboxylic acids is 2. The number of carbonyl (C=O) groups is 2. The zero-order valence-electron chi connectivity index (χ0n) is 18.8. The molecule has 4 rings (SSSR count). The van der Waals surface area contributed by atoms with Crippen molar-refractivity contribution in [3.05, 3.63) is 68.7 Å². The number of ketones is 1. The Morgan fingerprint density at radius 2 is 2.03 bits per heavy atom. The van der Waals surface area contributed by atoms with Crippen molar-refractivity contribution in [1.82, 2.24) is 5.32 Å². The molecule has 0 saturated carbocycles. The maximum atomic E-state index is 13.5. The van der Waals surface area contributed by atoms with Crippen LogP contribution in [0.2, 0.25) is 0 Å². The Labute approximate surface area is 196 Å². The number of hydrogen-bond donors (Lipinski definition) is 2. The molecular formula is C25H27NO6S. The van der Waals surface area contributed by atoms with Crippen molar-refractivity contribution in [2.75, 3.05) is 27.4 Å². The topological polar surface area (TPSA) is 94.1 Å². The average Bonchev–Trinajstić information content (AvgIpc) is 3.33. The molecule has 0 fully saturated rings. The third-order valence-electron chi connectivity index (χ3n) is 6.05. The first-order chi connectivity index (χ1) is 15.9. The normalized spacial score (nSPS) is 20.4. The molecule has 0 saturated heterocycles. The zero-order valence-corrected chi connectivity index (χ0v) is 19.7. The molecule has 0 amide bonds. The maximum Gasteiger partial charge on any atom is 0.336 e. The van der Waals surface area contributed by atoms with E-state index < -0.39 is 11.9 Å². The number of benzene rings is 1. The van der Waals surface area contributed by atoms with Crippen molar-refractivity contribution in [2.24, 2.45) is 0 Å². The van der Waals surface area contributed by atoms with Crippen LogP contribution in [0.3, 0.4) is 0 Å². The first-order valence-electron chi connectivity index (χ1n) is 10.7. The van der Waals surface area contributed by atoms with Gasteiger partial charge in [0.25, 0.3) is 0 Å². The van der Waals surface area contributed by atoms with E-state index in [1.165, 1.54) is 19.1 Å². The van der Waals surface area contributed by atoms with Gasteiger partial charge in [0, 0.05) is 47.2 Å². The third kappa shape index (κ3) is 4.54. The van der Waals surface area contributed by atoms with E-state index in [9.17, 15) is 14.7 Å². The monoisotopic (exact) mass is 469 g/mol. The van der Waals surface area contributed by atoms with Crippen LogP contribution in [0.15, 0.2) is 58.3 Å². The van der Waals surface area contributed by atoms with Gasteiger partial charge in [0.1, 0.15) is 6.61 Å². The summed E-state index contributed by atoms with van der Waals surface area (Å²) >= 11 is 1.64. The number of hydrogen-bond acceptors (Lipinski definition) is 8. The fourth-order valence-corrected chi connectivity index (χ4v) is 5.38. The first kappa shape index (κ1) is 23.1. The summed E-state index contributed by atoms with van der Waals surface area (Å²) in [7, 11) is 3.00. The Balaban J connectivity index is 1.78. The highest BCUT2D eigenvalue weighted by atomic mass is 32.1. The molecule has 2 N–H and O–H groups in total. The summed E-state index contributed by atoms with van der Waals surface area (Å²) in [4.78, 5) is 27.8. The SMILES string of the molecule is COCCOC(=O)C1=C(C)NC2=C(C(=O)C[C@H](c3cccs3)C2)[C@@H]1c1ccc(OC)c(O)c1. The largest absolute Gasteiger partial charge is 0.504 e. The Kier molecular flexibility index (Phi) is 6.85. The molecule has 2 heterocycles. The first-order valence-corrected chi connectivity index (χ1v) is 11.6. The molecule has 1 aromatic heterocycles. The summed E-state index contributed by atoms with van der Waals surface area (Å²) in [6.45, 7) is 2.19. The number of ether oxygens (including phenoxy) is 3. The van der Waals surface area contributed by atoms with Crippen LogP contribution in [0.4, 0.5) is 0 Å². The predicted molar refractivity (Wildman–Crippen MR) is 124 cm³/mol. The number of rotatable bonds is 7. The van der Waals surface area contributed by atoms with Crippen LogP contribution in [-0.4, -0.2) is 44.3 Å². The lowest BCUT2D eigenvalue weighted by Gasteiger charge is -2.36. The molecular weight excluding hydrogens is 442 g/mol. The van der Waals surface area contributed by atoms with Crippen LogP contribution >= 0.6 is 11.3 Å². The molecule has 0 unspecified atom stereocenters. The van der Waals surface area contributed by atoms with Gasteiger partial charge in [-0.1, -0.05) is 12.1 Å². The Bertz CT molecular complexity index is 1120. The predicted octanol–water partition coefficient (Wildman–Crippen LogP) is 4.01. The fraction of sp³-hybridized carbons (Fsp3) is 0.360. The van der Waals surface area contributed by atoms with Crippen LogP contribution in [0, 0.1) is 0 Å². The van der Waals surface area contributed by atoms with Gasteiger partial charge in [-0.2, -0.15) is 0 Å². The van der Waals surface area contributed by atoms with E-state index in [0.717, 1.165) is 5.70 Å². The van der Waals surface area contributed by atoms with Crippen LogP contribution in [-0.2, 0) is 19.1 Å². The number of nitrogens with one attached hydrogen (secondary N) is 1. The number of phenols is 1. The van der Waals surface area contributed by atoms with Gasteiger partial charge >= 0.3 is 5.97 Å². The van der Waals surface area contributed by atoms with Crippen LogP contribution < -0.4 is 10.1 Å². The Morgan fingerprint density at radius 1 is 1.21 bits per heavy atom. The van der Waals surface area contributed by atoms with Gasteiger partial charge in [0.15, 0.2) is 17.3 Å². The van der Waals surface area contributed by atoms with Crippen molar-refractivity contribution in [3.63, 3.8) is 0 Å². The lowest BCUT2D eigenvalue weighted by molar-refractivity contribution is -0.140. The fourth-order valence-electron chi connectivity index (χ4n) is 4.55. The number of Topliss-reactive ketones (excluding diaryl/α,β-unsaturated/α-hetero) is 1. The number of allylic oxidation sites excluding steroid dienone is 3. The highest BCUT2D eigenvalue weighted by Gasteiger charge is 2.41. The van der Waals surface area contributed by atoms with Gasteiger partial charge in [-0.15, -0.1) is 11.3 Å². The van der Waals surface area contributed by atoms with E-state index in [4.69, 9.17) is 14.2 Å². The minimum Gasteiger partial charge on any atom is -0.504 e. The van der Waals surface area contributed by atoms with Crippen LogP contribution in [0.1, 0.15) is 42.0 Å².